The summed E-state index contributed by atoms with van der Waals surface area (Å²) in [5.74, 6) is 1.26. The topological polar surface area (TPSA) is 81.9 Å². The van der Waals surface area contributed by atoms with Crippen molar-refractivity contribution in [3.05, 3.63) is 41.3 Å². The first-order chi connectivity index (χ1) is 17.5. The Morgan fingerprint density at radius 3 is 2.89 bits per heavy atom. The molecule has 0 unspecified atom stereocenters. The van der Waals surface area contributed by atoms with E-state index in [1.807, 2.05) is 30.9 Å². The lowest BCUT2D eigenvalue weighted by Crippen LogP contribution is -2.49. The maximum absolute atomic E-state index is 13.5. The number of hydrogen-bond acceptors (Lipinski definition) is 8. The summed E-state index contributed by atoms with van der Waals surface area (Å²) in [6.45, 7) is 1.91. The molecule has 186 valence electrons. The van der Waals surface area contributed by atoms with E-state index in [0.29, 0.717) is 18.0 Å². The van der Waals surface area contributed by atoms with Crippen molar-refractivity contribution in [1.82, 2.24) is 29.4 Å². The average molecular weight is 503 g/mol. The number of amides is 1. The maximum atomic E-state index is 13.5. The molecule has 36 heavy (non-hydrogen) atoms. The summed E-state index contributed by atoms with van der Waals surface area (Å²) in [4.78, 5) is 31.7. The summed E-state index contributed by atoms with van der Waals surface area (Å²) in [6.07, 6.45) is 9.19. The lowest BCUT2D eigenvalue weighted by molar-refractivity contribution is -0.138. The van der Waals surface area contributed by atoms with Crippen LogP contribution in [0.2, 0.25) is 0 Å². The largest absolute Gasteiger partial charge is 0.375 e. The zero-order valence-electron chi connectivity index (χ0n) is 20.8. The third-order valence-corrected chi connectivity index (χ3v) is 9.40. The van der Waals surface area contributed by atoms with Crippen molar-refractivity contribution >= 4 is 50.2 Å². The Morgan fingerprint density at radius 2 is 2.11 bits per heavy atom. The quantitative estimate of drug-likeness (QED) is 0.459. The van der Waals surface area contributed by atoms with Crippen LogP contribution in [0.3, 0.4) is 0 Å². The van der Waals surface area contributed by atoms with Crippen molar-refractivity contribution < 1.29 is 4.79 Å². The van der Waals surface area contributed by atoms with Crippen molar-refractivity contribution in [3.8, 4) is 0 Å². The lowest BCUT2D eigenvalue weighted by atomic mass is 9.86. The molecule has 2 bridgehead atoms. The SMILES string of the molecule is CN(C)c1cn2nccc2cc1Nc1ncnc2sc3c(c12)CC[C@H](C(=O)N1C[C@H]2C[C@@H]1CN2C)C3. The van der Waals surface area contributed by atoms with E-state index in [1.165, 1.54) is 10.4 Å². The highest BCUT2D eigenvalue weighted by atomic mass is 32.1. The number of carbonyl (C=O) groups excluding carboxylic acids is 1. The van der Waals surface area contributed by atoms with Gasteiger partial charge in [-0.1, -0.05) is 0 Å². The molecule has 0 spiro atoms. The number of nitrogens with zero attached hydrogens (tertiary/aromatic N) is 7. The number of carbonyl (C=O) groups is 1. The zero-order valence-corrected chi connectivity index (χ0v) is 21.6. The Hall–Kier alpha value is -3.24. The highest BCUT2D eigenvalue weighted by Crippen LogP contribution is 2.42. The van der Waals surface area contributed by atoms with E-state index in [-0.39, 0.29) is 5.92 Å². The van der Waals surface area contributed by atoms with Crippen molar-refractivity contribution in [2.45, 2.75) is 37.8 Å². The van der Waals surface area contributed by atoms with Crippen LogP contribution in [0.1, 0.15) is 23.3 Å². The Balaban J connectivity index is 1.20. The molecule has 6 heterocycles. The molecule has 0 saturated carbocycles. The number of aromatic nitrogens is 4. The summed E-state index contributed by atoms with van der Waals surface area (Å²) in [6, 6.07) is 5.04. The summed E-state index contributed by atoms with van der Waals surface area (Å²) in [5.41, 5.74) is 4.33. The minimum absolute atomic E-state index is 0.0733. The number of rotatable bonds is 4. The van der Waals surface area contributed by atoms with Crippen molar-refractivity contribution in [2.24, 2.45) is 5.92 Å². The molecule has 1 aliphatic carbocycles. The van der Waals surface area contributed by atoms with E-state index in [9.17, 15) is 4.79 Å². The number of hydrogen-bond donors (Lipinski definition) is 1. The summed E-state index contributed by atoms with van der Waals surface area (Å²) >= 11 is 1.72. The molecule has 1 amide bonds. The van der Waals surface area contributed by atoms with Crippen LogP contribution in [0.25, 0.3) is 15.7 Å². The monoisotopic (exact) mass is 502 g/mol. The van der Waals surface area contributed by atoms with Gasteiger partial charge in [-0.25, -0.2) is 14.5 Å². The third kappa shape index (κ3) is 3.38. The standard InChI is InChI=1S/C26H30N8OS/c1-31(2)21-13-34-16(6-7-29-34)10-20(21)30-24-23-19-5-4-15(8-22(19)36-25(23)28-14-27-24)26(35)33-12-17-9-18(33)11-32(17)3/h6-7,10,13-15,17-18H,4-5,8-9,11-12H2,1-3H3,(H,27,28,30)/t15-,17+,18+/m0/s1. The lowest BCUT2D eigenvalue weighted by Gasteiger charge is -2.35. The third-order valence-electron chi connectivity index (χ3n) is 8.24. The second-order valence-electron chi connectivity index (χ2n) is 10.6. The molecule has 7 rings (SSSR count). The van der Waals surface area contributed by atoms with Gasteiger partial charge in [0.05, 0.1) is 28.5 Å². The van der Waals surface area contributed by atoms with Crippen LogP contribution in [-0.2, 0) is 17.6 Å². The van der Waals surface area contributed by atoms with Crippen LogP contribution in [-0.4, -0.2) is 81.6 Å². The van der Waals surface area contributed by atoms with Gasteiger partial charge in [-0.3, -0.25) is 9.69 Å². The van der Waals surface area contributed by atoms with Crippen molar-refractivity contribution in [3.63, 3.8) is 0 Å². The van der Waals surface area contributed by atoms with Gasteiger partial charge in [0, 0.05) is 56.3 Å². The van der Waals surface area contributed by atoms with Crippen LogP contribution in [0.5, 0.6) is 0 Å². The van der Waals surface area contributed by atoms with Gasteiger partial charge < -0.3 is 15.1 Å². The summed E-state index contributed by atoms with van der Waals surface area (Å²) in [5, 5.41) is 9.09. The predicted octanol–water partition coefficient (Wildman–Crippen LogP) is 3.17. The van der Waals surface area contributed by atoms with Gasteiger partial charge in [-0.2, -0.15) is 5.10 Å². The Labute approximate surface area is 213 Å². The normalized spacial score (nSPS) is 23.5. The van der Waals surface area contributed by atoms with Gasteiger partial charge in [0.1, 0.15) is 17.0 Å². The molecule has 0 aromatic carbocycles. The minimum atomic E-state index is 0.0733. The van der Waals surface area contributed by atoms with Gasteiger partial charge in [0.2, 0.25) is 5.91 Å². The average Bonchev–Trinajstić information content (AvgIpc) is 3.64. The number of likely N-dealkylation sites (N-methyl/N-ethyl adjacent to an activating group) is 1. The molecule has 10 heteroatoms. The molecule has 1 N–H and O–H groups in total. The second kappa shape index (κ2) is 8.14. The Morgan fingerprint density at radius 1 is 1.22 bits per heavy atom. The van der Waals surface area contributed by atoms with Crippen molar-refractivity contribution in [2.75, 3.05) is 44.4 Å². The van der Waals surface area contributed by atoms with Crippen molar-refractivity contribution in [1.29, 1.82) is 0 Å². The van der Waals surface area contributed by atoms with Crippen LogP contribution < -0.4 is 10.2 Å². The van der Waals surface area contributed by atoms with E-state index >= 15 is 0 Å². The highest BCUT2D eigenvalue weighted by Gasteiger charge is 2.45. The molecule has 4 aromatic rings. The molecule has 3 atom stereocenters. The molecule has 2 saturated heterocycles. The predicted molar refractivity (Wildman–Crippen MR) is 142 cm³/mol. The number of thiophene rings is 1. The van der Waals surface area contributed by atoms with E-state index in [4.69, 9.17) is 0 Å². The fourth-order valence-corrected chi connectivity index (χ4v) is 7.59. The van der Waals surface area contributed by atoms with Gasteiger partial charge in [-0.15, -0.1) is 11.3 Å². The molecule has 9 nitrogen and oxygen atoms in total. The first-order valence-corrected chi connectivity index (χ1v) is 13.5. The van der Waals surface area contributed by atoms with Crippen LogP contribution >= 0.6 is 11.3 Å². The second-order valence-corrected chi connectivity index (χ2v) is 11.7. The van der Waals surface area contributed by atoms with E-state index in [0.717, 1.165) is 71.7 Å². The molecule has 0 radical (unpaired) electrons. The first-order valence-electron chi connectivity index (χ1n) is 12.6. The molecular formula is C26H30N8OS. The van der Waals surface area contributed by atoms with E-state index in [1.54, 1.807) is 23.9 Å². The minimum Gasteiger partial charge on any atom is -0.375 e. The Kier molecular flexibility index (Phi) is 4.97. The van der Waals surface area contributed by atoms with Crippen LogP contribution in [0.4, 0.5) is 17.2 Å². The zero-order chi connectivity index (χ0) is 24.6. The maximum Gasteiger partial charge on any atom is 0.226 e. The highest BCUT2D eigenvalue weighted by molar-refractivity contribution is 7.19. The van der Waals surface area contributed by atoms with E-state index < -0.39 is 0 Å². The first kappa shape index (κ1) is 22.0. The number of anilines is 3. The fraction of sp³-hybridized carbons (Fsp3) is 0.462. The van der Waals surface area contributed by atoms with Crippen LogP contribution in [0.15, 0.2) is 30.9 Å². The number of piperazine rings is 1. The number of nitrogens with one attached hydrogen (secondary N) is 1. The number of fused-ring (bicyclic) bond motifs is 6. The Bertz CT molecular complexity index is 1490. The summed E-state index contributed by atoms with van der Waals surface area (Å²) in [7, 11) is 6.23. The summed E-state index contributed by atoms with van der Waals surface area (Å²) < 4.78 is 1.88. The fourth-order valence-electron chi connectivity index (χ4n) is 6.32. The molecule has 2 fully saturated rings. The number of likely N-dealkylation sites (tertiary alicyclic amines) is 2. The van der Waals surface area contributed by atoms with Gasteiger partial charge in [0.15, 0.2) is 0 Å². The molecular weight excluding hydrogens is 472 g/mol. The van der Waals surface area contributed by atoms with Crippen LogP contribution in [0, 0.1) is 5.92 Å². The number of pyridine rings is 1. The van der Waals surface area contributed by atoms with Gasteiger partial charge in [-0.05, 0) is 50.4 Å². The number of aryl methyl sites for hydroxylation is 1. The smallest absolute Gasteiger partial charge is 0.226 e. The van der Waals surface area contributed by atoms with Gasteiger partial charge in [0.25, 0.3) is 0 Å². The molecule has 2 aliphatic heterocycles. The van der Waals surface area contributed by atoms with E-state index in [2.05, 4.69) is 48.2 Å². The molecule has 4 aromatic heterocycles. The van der Waals surface area contributed by atoms with Gasteiger partial charge >= 0.3 is 0 Å². The molecule has 3 aliphatic rings.